The van der Waals surface area contributed by atoms with Gasteiger partial charge in [0.15, 0.2) is 0 Å². The fourth-order valence-electron chi connectivity index (χ4n) is 2.36. The van der Waals surface area contributed by atoms with Gasteiger partial charge in [0.05, 0.1) is 17.0 Å². The zero-order valence-electron chi connectivity index (χ0n) is 10.9. The molecule has 1 saturated carbocycles. The van der Waals surface area contributed by atoms with Crippen LogP contribution in [0.1, 0.15) is 32.1 Å². The van der Waals surface area contributed by atoms with E-state index in [1.807, 2.05) is 0 Å². The minimum Gasteiger partial charge on any atom is -0.377 e. The molecule has 0 aliphatic heterocycles. The Morgan fingerprint density at radius 2 is 2.10 bits per heavy atom. The Labute approximate surface area is 121 Å². The van der Waals surface area contributed by atoms with Gasteiger partial charge in [0.1, 0.15) is 5.69 Å². The Balaban J connectivity index is 2.12. The van der Waals surface area contributed by atoms with Crippen LogP contribution in [0, 0.1) is 10.1 Å². The maximum Gasteiger partial charge on any atom is 0.293 e. The van der Waals surface area contributed by atoms with Crippen molar-refractivity contribution in [2.24, 2.45) is 5.90 Å². The number of anilines is 1. The quantitative estimate of drug-likeness (QED) is 0.360. The largest absolute Gasteiger partial charge is 0.377 e. The van der Waals surface area contributed by atoms with Crippen molar-refractivity contribution in [3.8, 4) is 0 Å². The van der Waals surface area contributed by atoms with E-state index < -0.39 is 4.92 Å². The fourth-order valence-corrected chi connectivity index (χ4v) is 2.76. The molecule has 3 N–H and O–H groups in total. The van der Waals surface area contributed by atoms with Gasteiger partial charge in [-0.2, -0.15) is 5.90 Å². The lowest BCUT2D eigenvalue weighted by Gasteiger charge is -2.23. The predicted molar refractivity (Wildman–Crippen MR) is 75.8 cm³/mol. The molecule has 8 heteroatoms. The van der Waals surface area contributed by atoms with Crippen LogP contribution >= 0.6 is 12.0 Å². The third-order valence-electron chi connectivity index (χ3n) is 3.30. The number of nitrogens with zero attached hydrogens (tertiary/aromatic N) is 1. The van der Waals surface area contributed by atoms with E-state index >= 15 is 0 Å². The number of nitrogens with two attached hydrogens (primary N) is 1. The number of hydrogen-bond acceptors (Lipinski definition) is 7. The first-order valence-corrected chi connectivity index (χ1v) is 7.20. The van der Waals surface area contributed by atoms with E-state index in [4.69, 9.17) is 5.90 Å². The molecule has 1 aliphatic rings. The van der Waals surface area contributed by atoms with Crippen LogP contribution in [0.2, 0.25) is 0 Å². The summed E-state index contributed by atoms with van der Waals surface area (Å²) in [5, 5.41) is 14.4. The van der Waals surface area contributed by atoms with Gasteiger partial charge in [0.2, 0.25) is 0 Å². The van der Waals surface area contributed by atoms with Gasteiger partial charge in [-0.05, 0) is 25.0 Å². The van der Waals surface area contributed by atoms with Gasteiger partial charge in [-0.1, -0.05) is 19.3 Å². The highest BCUT2D eigenvalue weighted by Crippen LogP contribution is 2.32. The second kappa shape index (κ2) is 7.44. The van der Waals surface area contributed by atoms with Crippen molar-refractivity contribution < 1.29 is 14.2 Å². The van der Waals surface area contributed by atoms with Crippen LogP contribution < -0.4 is 11.2 Å². The molecule has 1 aliphatic carbocycles. The summed E-state index contributed by atoms with van der Waals surface area (Å²) in [6, 6.07) is 5.16. The fraction of sp³-hybridized carbons (Fsp3) is 0.500. The van der Waals surface area contributed by atoms with Gasteiger partial charge in [0.25, 0.3) is 5.69 Å². The molecule has 0 amide bonds. The van der Waals surface area contributed by atoms with E-state index in [-0.39, 0.29) is 5.69 Å². The third kappa shape index (κ3) is 4.07. The lowest BCUT2D eigenvalue weighted by molar-refractivity contribution is -0.384. The van der Waals surface area contributed by atoms with Gasteiger partial charge in [0, 0.05) is 17.0 Å². The molecule has 1 fully saturated rings. The Morgan fingerprint density at radius 3 is 2.75 bits per heavy atom. The maximum absolute atomic E-state index is 11.1. The van der Waals surface area contributed by atoms with Crippen LogP contribution in [0.15, 0.2) is 23.1 Å². The van der Waals surface area contributed by atoms with E-state index in [0.29, 0.717) is 16.6 Å². The minimum atomic E-state index is -0.404. The van der Waals surface area contributed by atoms with Crippen LogP contribution in [0.3, 0.4) is 0 Å². The molecule has 0 radical (unpaired) electrons. The number of nitro benzene ring substituents is 1. The monoisotopic (exact) mass is 299 g/mol. The second-order valence-corrected chi connectivity index (χ2v) is 5.44. The first-order chi connectivity index (χ1) is 9.70. The molecule has 0 unspecified atom stereocenters. The Bertz CT molecular complexity index is 466. The molecule has 0 saturated heterocycles. The molecule has 110 valence electrons. The third-order valence-corrected chi connectivity index (χ3v) is 3.89. The van der Waals surface area contributed by atoms with Crippen LogP contribution in [0.5, 0.6) is 0 Å². The average Bonchev–Trinajstić information content (AvgIpc) is 2.47. The first kappa shape index (κ1) is 15.0. The van der Waals surface area contributed by atoms with Gasteiger partial charge in [-0.25, -0.2) is 0 Å². The van der Waals surface area contributed by atoms with Gasteiger partial charge < -0.3 is 5.32 Å². The smallest absolute Gasteiger partial charge is 0.293 e. The summed E-state index contributed by atoms with van der Waals surface area (Å²) >= 11 is 0.827. The SMILES string of the molecule is NOOSc1ccc(NC2CCCCC2)c([N+](=O)[O-])c1. The van der Waals surface area contributed by atoms with E-state index in [2.05, 4.69) is 14.6 Å². The molecule has 1 aromatic carbocycles. The van der Waals surface area contributed by atoms with Gasteiger partial charge in [-0.15, -0.1) is 9.32 Å². The van der Waals surface area contributed by atoms with Crippen LogP contribution in [0.25, 0.3) is 0 Å². The Kier molecular flexibility index (Phi) is 5.60. The van der Waals surface area contributed by atoms with Crippen molar-refractivity contribution in [3.63, 3.8) is 0 Å². The number of hydrogen-bond donors (Lipinski definition) is 2. The highest BCUT2D eigenvalue weighted by atomic mass is 32.2. The molecular formula is C12H17N3O4S. The molecule has 0 heterocycles. The van der Waals surface area contributed by atoms with Gasteiger partial charge >= 0.3 is 0 Å². The molecule has 0 spiro atoms. The predicted octanol–water partition coefficient (Wildman–Crippen LogP) is 3.17. The Hall–Kier alpha value is -1.35. The number of benzene rings is 1. The number of nitro groups is 1. The second-order valence-electron chi connectivity index (χ2n) is 4.66. The van der Waals surface area contributed by atoms with Crippen molar-refractivity contribution in [2.75, 3.05) is 5.32 Å². The van der Waals surface area contributed by atoms with Crippen LogP contribution in [-0.4, -0.2) is 11.0 Å². The summed E-state index contributed by atoms with van der Waals surface area (Å²) in [5.41, 5.74) is 0.570. The molecule has 0 aromatic heterocycles. The lowest BCUT2D eigenvalue weighted by atomic mass is 9.95. The molecule has 0 bridgehead atoms. The van der Waals surface area contributed by atoms with Crippen molar-refractivity contribution in [2.45, 2.75) is 43.0 Å². The number of nitrogens with one attached hydrogen (secondary N) is 1. The zero-order chi connectivity index (χ0) is 14.4. The van der Waals surface area contributed by atoms with Crippen molar-refractivity contribution in [1.82, 2.24) is 0 Å². The normalized spacial score (nSPS) is 16.1. The first-order valence-electron chi connectivity index (χ1n) is 6.46. The lowest BCUT2D eigenvalue weighted by Crippen LogP contribution is -2.22. The Morgan fingerprint density at radius 1 is 1.35 bits per heavy atom. The molecule has 1 aromatic rings. The molecule has 0 atom stereocenters. The van der Waals surface area contributed by atoms with Crippen LogP contribution in [0.4, 0.5) is 11.4 Å². The van der Waals surface area contributed by atoms with E-state index in [0.717, 1.165) is 24.9 Å². The molecule has 20 heavy (non-hydrogen) atoms. The molecule has 2 rings (SSSR count). The topological polar surface area (TPSA) is 99.7 Å². The van der Waals surface area contributed by atoms with Crippen molar-refractivity contribution in [1.29, 1.82) is 0 Å². The van der Waals surface area contributed by atoms with Crippen molar-refractivity contribution in [3.05, 3.63) is 28.3 Å². The molecule has 7 nitrogen and oxygen atoms in total. The standard InChI is InChI=1S/C12H17N3O4S/c13-18-19-20-10-6-7-11(12(8-10)15(16)17)14-9-4-2-1-3-5-9/h6-9,14H,1-5,13H2. The highest BCUT2D eigenvalue weighted by Gasteiger charge is 2.20. The summed E-state index contributed by atoms with van der Waals surface area (Å²) in [4.78, 5) is 15.3. The van der Waals surface area contributed by atoms with Crippen molar-refractivity contribution >= 4 is 23.4 Å². The summed E-state index contributed by atoms with van der Waals surface area (Å²) in [5.74, 6) is 4.74. The van der Waals surface area contributed by atoms with E-state index in [1.165, 1.54) is 25.3 Å². The average molecular weight is 299 g/mol. The highest BCUT2D eigenvalue weighted by molar-refractivity contribution is 7.94. The van der Waals surface area contributed by atoms with E-state index in [1.54, 1.807) is 12.1 Å². The zero-order valence-corrected chi connectivity index (χ0v) is 11.7. The van der Waals surface area contributed by atoms with Crippen LogP contribution in [-0.2, 0) is 9.32 Å². The molecular weight excluding hydrogens is 282 g/mol. The maximum atomic E-state index is 11.1. The summed E-state index contributed by atoms with van der Waals surface area (Å²) in [6.45, 7) is 0. The van der Waals surface area contributed by atoms with Gasteiger partial charge in [-0.3, -0.25) is 10.1 Å². The summed E-state index contributed by atoms with van der Waals surface area (Å²) in [6.07, 6.45) is 5.68. The minimum absolute atomic E-state index is 0.0289. The summed E-state index contributed by atoms with van der Waals surface area (Å²) in [7, 11) is 0. The van der Waals surface area contributed by atoms with E-state index in [9.17, 15) is 10.1 Å². The number of rotatable bonds is 6. The summed E-state index contributed by atoms with van der Waals surface area (Å²) < 4.78 is 4.50.